The van der Waals surface area contributed by atoms with Crippen molar-refractivity contribution in [3.63, 3.8) is 0 Å². The molecule has 0 N–H and O–H groups in total. The lowest BCUT2D eigenvalue weighted by atomic mass is 10.2. The highest BCUT2D eigenvalue weighted by Gasteiger charge is 1.97. The molecular weight excluding hydrogens is 260 g/mol. The zero-order valence-electron chi connectivity index (χ0n) is 11.7. The minimum atomic E-state index is 0.399. The van der Waals surface area contributed by atoms with Crippen LogP contribution in [-0.4, -0.2) is 51.7 Å². The van der Waals surface area contributed by atoms with Crippen LogP contribution in [0.15, 0.2) is 18.3 Å². The molecule has 110 valence electrons. The van der Waals surface area contributed by atoms with Crippen molar-refractivity contribution in [1.82, 2.24) is 4.98 Å². The molecule has 0 spiro atoms. The molecule has 0 amide bonds. The van der Waals surface area contributed by atoms with Crippen LogP contribution in [-0.2, 0) is 25.6 Å². The van der Waals surface area contributed by atoms with E-state index in [4.69, 9.17) is 24.2 Å². The van der Waals surface area contributed by atoms with Crippen molar-refractivity contribution in [2.75, 3.05) is 46.8 Å². The van der Waals surface area contributed by atoms with Gasteiger partial charge in [-0.1, -0.05) is 0 Å². The summed E-state index contributed by atoms with van der Waals surface area (Å²) in [6.45, 7) is 3.75. The summed E-state index contributed by atoms with van der Waals surface area (Å²) >= 11 is 0. The number of hydrogen-bond acceptors (Lipinski definition) is 6. The molecule has 0 aliphatic heterocycles. The molecule has 0 unspecified atom stereocenters. The number of aromatic nitrogens is 1. The molecule has 0 bridgehead atoms. The van der Waals surface area contributed by atoms with E-state index in [0.717, 1.165) is 5.56 Å². The lowest BCUT2D eigenvalue weighted by Gasteiger charge is -2.06. The quantitative estimate of drug-likeness (QED) is 0.566. The minimum Gasteiger partial charge on any atom is -0.382 e. The Morgan fingerprint density at radius 2 is 1.70 bits per heavy atom. The summed E-state index contributed by atoms with van der Waals surface area (Å²) in [5, 5.41) is 8.72. The second-order valence-electron chi connectivity index (χ2n) is 3.93. The van der Waals surface area contributed by atoms with Crippen molar-refractivity contribution < 1.29 is 18.9 Å². The number of methoxy groups -OCH3 is 1. The molecule has 1 heterocycles. The van der Waals surface area contributed by atoms with Gasteiger partial charge in [0.05, 0.1) is 46.2 Å². The fourth-order valence-corrected chi connectivity index (χ4v) is 1.40. The molecule has 0 radical (unpaired) electrons. The van der Waals surface area contributed by atoms with Crippen molar-refractivity contribution in [3.05, 3.63) is 29.6 Å². The van der Waals surface area contributed by atoms with E-state index in [1.165, 1.54) is 0 Å². The van der Waals surface area contributed by atoms with Crippen LogP contribution in [0.3, 0.4) is 0 Å². The van der Waals surface area contributed by atoms with Gasteiger partial charge in [-0.3, -0.25) is 0 Å². The van der Waals surface area contributed by atoms with Gasteiger partial charge in [-0.05, 0) is 17.7 Å². The maximum atomic E-state index is 8.72. The summed E-state index contributed by atoms with van der Waals surface area (Å²) in [6, 6.07) is 5.53. The molecule has 0 saturated heterocycles. The van der Waals surface area contributed by atoms with Gasteiger partial charge in [0.25, 0.3) is 0 Å². The molecule has 0 aliphatic carbocycles. The van der Waals surface area contributed by atoms with Crippen molar-refractivity contribution in [3.8, 4) is 6.07 Å². The van der Waals surface area contributed by atoms with E-state index < -0.39 is 0 Å². The second-order valence-corrected chi connectivity index (χ2v) is 3.93. The number of pyridine rings is 1. The van der Waals surface area contributed by atoms with E-state index >= 15 is 0 Å². The predicted molar refractivity (Wildman–Crippen MR) is 72.1 cm³/mol. The first-order valence-electron chi connectivity index (χ1n) is 6.44. The molecule has 6 heteroatoms. The number of rotatable bonds is 11. The summed E-state index contributed by atoms with van der Waals surface area (Å²) in [6.07, 6.45) is 1.60. The average molecular weight is 280 g/mol. The standard InChI is InChI=1S/C14H20N2O4/c1-17-4-5-18-6-7-19-8-9-20-12-13-2-3-16-14(10-13)11-15/h2-3,10H,4-9,12H2,1H3. The van der Waals surface area contributed by atoms with Gasteiger partial charge in [0.15, 0.2) is 0 Å². The number of hydrogen-bond donors (Lipinski definition) is 0. The van der Waals surface area contributed by atoms with Crippen molar-refractivity contribution in [1.29, 1.82) is 5.26 Å². The van der Waals surface area contributed by atoms with Gasteiger partial charge in [-0.25, -0.2) is 4.98 Å². The van der Waals surface area contributed by atoms with Crippen LogP contribution < -0.4 is 0 Å². The lowest BCUT2D eigenvalue weighted by molar-refractivity contribution is 0.000860. The first-order valence-corrected chi connectivity index (χ1v) is 6.44. The SMILES string of the molecule is COCCOCCOCCOCc1ccnc(C#N)c1. The zero-order chi connectivity index (χ0) is 14.5. The van der Waals surface area contributed by atoms with Crippen LogP contribution in [0.2, 0.25) is 0 Å². The van der Waals surface area contributed by atoms with Gasteiger partial charge in [-0.15, -0.1) is 0 Å². The summed E-state index contributed by atoms with van der Waals surface area (Å²) in [5.41, 5.74) is 1.33. The Hall–Kier alpha value is -1.52. The Labute approximate surface area is 119 Å². The van der Waals surface area contributed by atoms with E-state index in [1.54, 1.807) is 19.4 Å². The van der Waals surface area contributed by atoms with E-state index in [0.29, 0.717) is 51.9 Å². The molecule has 0 atom stereocenters. The third-order valence-electron chi connectivity index (χ3n) is 2.38. The van der Waals surface area contributed by atoms with Crippen LogP contribution in [0, 0.1) is 11.3 Å². The smallest absolute Gasteiger partial charge is 0.140 e. The van der Waals surface area contributed by atoms with Gasteiger partial charge in [0, 0.05) is 13.3 Å². The van der Waals surface area contributed by atoms with Crippen molar-refractivity contribution in [2.24, 2.45) is 0 Å². The molecule has 0 aromatic carbocycles. The third-order valence-corrected chi connectivity index (χ3v) is 2.38. The van der Waals surface area contributed by atoms with Crippen LogP contribution in [0.4, 0.5) is 0 Å². The first-order chi connectivity index (χ1) is 9.86. The summed E-state index contributed by atoms with van der Waals surface area (Å²) in [5.74, 6) is 0. The zero-order valence-corrected chi connectivity index (χ0v) is 11.7. The molecule has 1 rings (SSSR count). The monoisotopic (exact) mass is 280 g/mol. The highest BCUT2D eigenvalue weighted by Crippen LogP contribution is 2.02. The van der Waals surface area contributed by atoms with E-state index in [-0.39, 0.29) is 0 Å². The Morgan fingerprint density at radius 1 is 1.05 bits per heavy atom. The van der Waals surface area contributed by atoms with Crippen molar-refractivity contribution in [2.45, 2.75) is 6.61 Å². The first kappa shape index (κ1) is 16.5. The summed E-state index contributed by atoms with van der Waals surface area (Å²) in [7, 11) is 1.64. The minimum absolute atomic E-state index is 0.399. The summed E-state index contributed by atoms with van der Waals surface area (Å²) in [4.78, 5) is 3.89. The normalized spacial score (nSPS) is 10.4. The van der Waals surface area contributed by atoms with E-state index in [2.05, 4.69) is 4.98 Å². The molecular formula is C14H20N2O4. The largest absolute Gasteiger partial charge is 0.382 e. The average Bonchev–Trinajstić information content (AvgIpc) is 2.49. The molecule has 20 heavy (non-hydrogen) atoms. The van der Waals surface area contributed by atoms with E-state index in [1.807, 2.05) is 12.1 Å². The third kappa shape index (κ3) is 7.81. The highest BCUT2D eigenvalue weighted by molar-refractivity contribution is 5.24. The van der Waals surface area contributed by atoms with Crippen LogP contribution in [0.25, 0.3) is 0 Å². The Bertz CT molecular complexity index is 406. The van der Waals surface area contributed by atoms with Gasteiger partial charge in [0.2, 0.25) is 0 Å². The fourth-order valence-electron chi connectivity index (χ4n) is 1.40. The highest BCUT2D eigenvalue weighted by atomic mass is 16.6. The Balaban J connectivity index is 1.95. The maximum Gasteiger partial charge on any atom is 0.140 e. The lowest BCUT2D eigenvalue weighted by Crippen LogP contribution is -2.11. The van der Waals surface area contributed by atoms with Crippen molar-refractivity contribution >= 4 is 0 Å². The van der Waals surface area contributed by atoms with Gasteiger partial charge < -0.3 is 18.9 Å². The number of nitrogens with zero attached hydrogens (tertiary/aromatic N) is 2. The molecule has 0 saturated carbocycles. The fraction of sp³-hybridized carbons (Fsp3) is 0.571. The number of nitriles is 1. The molecule has 0 fully saturated rings. The molecule has 0 aliphatic rings. The van der Waals surface area contributed by atoms with E-state index in [9.17, 15) is 0 Å². The molecule has 6 nitrogen and oxygen atoms in total. The Kier molecular flexibility index (Phi) is 9.36. The number of ether oxygens (including phenoxy) is 4. The Morgan fingerprint density at radius 3 is 2.35 bits per heavy atom. The van der Waals surface area contributed by atoms with Crippen LogP contribution in [0.1, 0.15) is 11.3 Å². The van der Waals surface area contributed by atoms with Crippen LogP contribution in [0.5, 0.6) is 0 Å². The second kappa shape index (κ2) is 11.3. The van der Waals surface area contributed by atoms with Gasteiger partial charge >= 0.3 is 0 Å². The predicted octanol–water partition coefficient (Wildman–Crippen LogP) is 1.15. The molecule has 1 aromatic rings. The maximum absolute atomic E-state index is 8.72. The molecule has 1 aromatic heterocycles. The topological polar surface area (TPSA) is 73.6 Å². The van der Waals surface area contributed by atoms with Gasteiger partial charge in [0.1, 0.15) is 11.8 Å². The van der Waals surface area contributed by atoms with Gasteiger partial charge in [-0.2, -0.15) is 5.26 Å². The summed E-state index contributed by atoms with van der Waals surface area (Å²) < 4.78 is 20.9. The van der Waals surface area contributed by atoms with Crippen LogP contribution >= 0.6 is 0 Å².